The summed E-state index contributed by atoms with van der Waals surface area (Å²) in [4.78, 5) is 12.0. The molecule has 0 aliphatic carbocycles. The Hall–Kier alpha value is -1.87. The van der Waals surface area contributed by atoms with Crippen molar-refractivity contribution in [3.8, 4) is 0 Å². The zero-order valence-electron chi connectivity index (χ0n) is 12.4. The number of rotatable bonds is 4. The van der Waals surface area contributed by atoms with E-state index in [0.717, 1.165) is 16.5 Å². The van der Waals surface area contributed by atoms with Crippen molar-refractivity contribution in [3.05, 3.63) is 42.5 Å². The summed E-state index contributed by atoms with van der Waals surface area (Å²) in [6.45, 7) is 6.96. The minimum Gasteiger partial charge on any atom is -0.325 e. The van der Waals surface area contributed by atoms with Gasteiger partial charge in [-0.1, -0.05) is 36.4 Å². The highest BCUT2D eigenvalue weighted by molar-refractivity contribution is 6.02. The molecule has 0 radical (unpaired) electrons. The van der Waals surface area contributed by atoms with Crippen LogP contribution >= 0.6 is 0 Å². The summed E-state index contributed by atoms with van der Waals surface area (Å²) in [7, 11) is 0. The fourth-order valence-corrected chi connectivity index (χ4v) is 2.10. The molecule has 0 aromatic heterocycles. The van der Waals surface area contributed by atoms with E-state index >= 15 is 0 Å². The summed E-state index contributed by atoms with van der Waals surface area (Å²) in [5.41, 5.74) is 0.920. The van der Waals surface area contributed by atoms with E-state index in [1.54, 1.807) is 0 Å². The van der Waals surface area contributed by atoms with Gasteiger partial charge in [-0.25, -0.2) is 0 Å². The molecule has 106 valence electrons. The fraction of sp³-hybridized carbons (Fsp3) is 0.353. The van der Waals surface area contributed by atoms with Crippen molar-refractivity contribution in [2.45, 2.75) is 32.7 Å². The van der Waals surface area contributed by atoms with Gasteiger partial charge in [0.05, 0.1) is 0 Å². The van der Waals surface area contributed by atoms with Crippen molar-refractivity contribution in [2.24, 2.45) is 0 Å². The van der Waals surface area contributed by atoms with Crippen LogP contribution in [0.3, 0.4) is 0 Å². The predicted octanol–water partition coefficient (Wildman–Crippen LogP) is 3.56. The summed E-state index contributed by atoms with van der Waals surface area (Å²) in [6, 6.07) is 14.0. The Labute approximate surface area is 120 Å². The Kier molecular flexibility index (Phi) is 4.40. The van der Waals surface area contributed by atoms with E-state index < -0.39 is 0 Å². The molecule has 0 aliphatic heterocycles. The van der Waals surface area contributed by atoms with Gasteiger partial charge in [0, 0.05) is 29.6 Å². The normalized spacial score (nSPS) is 11.6. The number of anilines is 1. The first kappa shape index (κ1) is 14.5. The van der Waals surface area contributed by atoms with Gasteiger partial charge in [-0.3, -0.25) is 4.79 Å². The van der Waals surface area contributed by atoms with Crippen LogP contribution in [-0.2, 0) is 4.79 Å². The molecule has 0 aliphatic rings. The van der Waals surface area contributed by atoms with Gasteiger partial charge in [0.2, 0.25) is 5.91 Å². The number of amides is 1. The maximum Gasteiger partial charge on any atom is 0.225 e. The minimum atomic E-state index is 0.0399. The average Bonchev–Trinajstić information content (AvgIpc) is 2.37. The quantitative estimate of drug-likeness (QED) is 0.892. The van der Waals surface area contributed by atoms with Crippen LogP contribution < -0.4 is 10.6 Å². The summed E-state index contributed by atoms with van der Waals surface area (Å²) < 4.78 is 0. The zero-order valence-corrected chi connectivity index (χ0v) is 12.4. The average molecular weight is 270 g/mol. The number of hydrogen-bond acceptors (Lipinski definition) is 2. The number of carbonyl (C=O) groups is 1. The second kappa shape index (κ2) is 6.06. The molecule has 3 heteroatoms. The molecule has 20 heavy (non-hydrogen) atoms. The first-order valence-electron chi connectivity index (χ1n) is 6.98. The summed E-state index contributed by atoms with van der Waals surface area (Å²) in [6.07, 6.45) is 0.473. The molecule has 0 bridgehead atoms. The van der Waals surface area contributed by atoms with Crippen molar-refractivity contribution in [2.75, 3.05) is 11.9 Å². The second-order valence-corrected chi connectivity index (χ2v) is 6.00. The van der Waals surface area contributed by atoms with Crippen molar-refractivity contribution in [1.82, 2.24) is 5.32 Å². The third-order valence-corrected chi connectivity index (χ3v) is 3.07. The van der Waals surface area contributed by atoms with Crippen LogP contribution in [0.4, 0.5) is 5.69 Å². The van der Waals surface area contributed by atoms with Gasteiger partial charge < -0.3 is 10.6 Å². The molecule has 2 rings (SSSR count). The molecule has 2 aromatic carbocycles. The molecule has 0 heterocycles. The van der Waals surface area contributed by atoms with Gasteiger partial charge in [0.1, 0.15) is 0 Å². The monoisotopic (exact) mass is 270 g/mol. The van der Waals surface area contributed by atoms with Crippen LogP contribution in [0.5, 0.6) is 0 Å². The third-order valence-electron chi connectivity index (χ3n) is 3.07. The van der Waals surface area contributed by atoms with Crippen molar-refractivity contribution >= 4 is 22.4 Å². The predicted molar refractivity (Wildman–Crippen MR) is 85.0 cm³/mol. The third kappa shape index (κ3) is 4.07. The first-order chi connectivity index (χ1) is 9.46. The van der Waals surface area contributed by atoms with E-state index in [2.05, 4.69) is 31.4 Å². The molecule has 0 saturated carbocycles. The summed E-state index contributed by atoms with van der Waals surface area (Å²) >= 11 is 0. The van der Waals surface area contributed by atoms with Gasteiger partial charge in [0.15, 0.2) is 0 Å². The molecule has 3 nitrogen and oxygen atoms in total. The number of nitrogens with one attached hydrogen (secondary N) is 2. The maximum absolute atomic E-state index is 12.0. The Morgan fingerprint density at radius 3 is 2.50 bits per heavy atom. The smallest absolute Gasteiger partial charge is 0.225 e. The number of fused-ring (bicyclic) bond motifs is 1. The molecule has 0 atom stereocenters. The van der Waals surface area contributed by atoms with E-state index in [0.29, 0.717) is 13.0 Å². The summed E-state index contributed by atoms with van der Waals surface area (Å²) in [5.74, 6) is 0.0399. The molecular formula is C17H22N2O. The SMILES string of the molecule is CC(C)(C)NCCC(=O)Nc1cccc2ccccc12. The Bertz CT molecular complexity index is 594. The maximum atomic E-state index is 12.0. The van der Waals surface area contributed by atoms with E-state index in [4.69, 9.17) is 0 Å². The Morgan fingerprint density at radius 2 is 1.75 bits per heavy atom. The zero-order chi connectivity index (χ0) is 14.6. The molecule has 1 amide bonds. The van der Waals surface area contributed by atoms with E-state index in [-0.39, 0.29) is 11.4 Å². The highest BCUT2D eigenvalue weighted by Crippen LogP contribution is 2.22. The first-order valence-corrected chi connectivity index (χ1v) is 6.98. The Balaban J connectivity index is 2.00. The van der Waals surface area contributed by atoms with E-state index in [1.807, 2.05) is 42.5 Å². The second-order valence-electron chi connectivity index (χ2n) is 6.00. The minimum absolute atomic E-state index is 0.0399. The fourth-order valence-electron chi connectivity index (χ4n) is 2.10. The number of benzene rings is 2. The van der Waals surface area contributed by atoms with E-state index in [1.165, 1.54) is 0 Å². The molecule has 0 fully saturated rings. The van der Waals surface area contributed by atoms with Crippen molar-refractivity contribution in [3.63, 3.8) is 0 Å². The molecule has 2 aromatic rings. The topological polar surface area (TPSA) is 41.1 Å². The van der Waals surface area contributed by atoms with Gasteiger partial charge in [-0.2, -0.15) is 0 Å². The van der Waals surface area contributed by atoms with Crippen molar-refractivity contribution in [1.29, 1.82) is 0 Å². The van der Waals surface area contributed by atoms with Crippen LogP contribution in [-0.4, -0.2) is 18.0 Å². The van der Waals surface area contributed by atoms with Gasteiger partial charge in [0.25, 0.3) is 0 Å². The lowest BCUT2D eigenvalue weighted by Crippen LogP contribution is -2.37. The lowest BCUT2D eigenvalue weighted by Gasteiger charge is -2.20. The lowest BCUT2D eigenvalue weighted by molar-refractivity contribution is -0.116. The van der Waals surface area contributed by atoms with Crippen LogP contribution in [0.25, 0.3) is 10.8 Å². The molecule has 0 spiro atoms. The molecule has 0 unspecified atom stereocenters. The number of hydrogen-bond donors (Lipinski definition) is 2. The van der Waals surface area contributed by atoms with Gasteiger partial charge in [-0.15, -0.1) is 0 Å². The van der Waals surface area contributed by atoms with Crippen LogP contribution in [0.15, 0.2) is 42.5 Å². The van der Waals surface area contributed by atoms with Gasteiger partial charge >= 0.3 is 0 Å². The van der Waals surface area contributed by atoms with Crippen molar-refractivity contribution < 1.29 is 4.79 Å². The highest BCUT2D eigenvalue weighted by Gasteiger charge is 2.10. The summed E-state index contributed by atoms with van der Waals surface area (Å²) in [5, 5.41) is 8.52. The van der Waals surface area contributed by atoms with Crippen LogP contribution in [0, 0.1) is 0 Å². The molecule has 0 saturated heterocycles. The van der Waals surface area contributed by atoms with E-state index in [9.17, 15) is 4.79 Å². The van der Waals surface area contributed by atoms with Crippen LogP contribution in [0.2, 0.25) is 0 Å². The van der Waals surface area contributed by atoms with Gasteiger partial charge in [-0.05, 0) is 32.2 Å². The van der Waals surface area contributed by atoms with Crippen LogP contribution in [0.1, 0.15) is 27.2 Å². The molecule has 2 N–H and O–H groups in total. The molecular weight excluding hydrogens is 248 g/mol. The standard InChI is InChI=1S/C17H22N2O/c1-17(2,3)18-12-11-16(20)19-15-10-6-8-13-7-4-5-9-14(13)15/h4-10,18H,11-12H2,1-3H3,(H,19,20). The lowest BCUT2D eigenvalue weighted by atomic mass is 10.1. The highest BCUT2D eigenvalue weighted by atomic mass is 16.1. The Morgan fingerprint density at radius 1 is 1.05 bits per heavy atom. The largest absolute Gasteiger partial charge is 0.325 e. The number of carbonyl (C=O) groups excluding carboxylic acids is 1.